The van der Waals surface area contributed by atoms with Gasteiger partial charge >= 0.3 is 0 Å². The molecule has 1 aromatic carbocycles. The number of fused-ring (bicyclic) bond motifs is 3. The fourth-order valence-electron chi connectivity index (χ4n) is 3.08. The minimum atomic E-state index is 0.0289. The Morgan fingerprint density at radius 3 is 2.92 bits per heavy atom. The first-order chi connectivity index (χ1) is 11.7. The van der Waals surface area contributed by atoms with Gasteiger partial charge in [-0.2, -0.15) is 5.10 Å². The minimum absolute atomic E-state index is 0.0289. The standard InChI is InChI=1S/C19H18N4O/c1-14-11-18-20-12-16-13-22(10-9-17(16)23(18)21-14)19(24)8-7-15-5-3-2-4-6-15/h2-8,11-12H,9-10,13H2,1H3/b8-7+. The molecule has 0 aliphatic carbocycles. The largest absolute Gasteiger partial charge is 0.334 e. The average Bonchev–Trinajstić information content (AvgIpc) is 3.00. The van der Waals surface area contributed by atoms with E-state index in [4.69, 9.17) is 0 Å². The van der Waals surface area contributed by atoms with E-state index in [2.05, 4.69) is 10.1 Å². The van der Waals surface area contributed by atoms with Crippen LogP contribution >= 0.6 is 0 Å². The molecule has 0 N–H and O–H groups in total. The first kappa shape index (κ1) is 14.6. The van der Waals surface area contributed by atoms with Gasteiger partial charge < -0.3 is 4.90 Å². The van der Waals surface area contributed by atoms with Crippen molar-refractivity contribution in [2.24, 2.45) is 0 Å². The normalized spacial score (nSPS) is 14.3. The average molecular weight is 318 g/mol. The summed E-state index contributed by atoms with van der Waals surface area (Å²) in [6.45, 7) is 3.24. The van der Waals surface area contributed by atoms with Gasteiger partial charge in [0.05, 0.1) is 11.4 Å². The molecule has 0 unspecified atom stereocenters. The van der Waals surface area contributed by atoms with Crippen molar-refractivity contribution >= 4 is 17.6 Å². The summed E-state index contributed by atoms with van der Waals surface area (Å²) < 4.78 is 1.91. The molecule has 0 bridgehead atoms. The van der Waals surface area contributed by atoms with Crippen LogP contribution in [-0.4, -0.2) is 31.9 Å². The van der Waals surface area contributed by atoms with Crippen LogP contribution in [0, 0.1) is 6.92 Å². The van der Waals surface area contributed by atoms with Gasteiger partial charge in [-0.3, -0.25) is 4.79 Å². The SMILES string of the molecule is Cc1cc2ncc3c(n2n1)CCN(C(=O)/C=C/c1ccccc1)C3. The summed E-state index contributed by atoms with van der Waals surface area (Å²) in [6, 6.07) is 11.8. The molecule has 120 valence electrons. The summed E-state index contributed by atoms with van der Waals surface area (Å²) in [5, 5.41) is 4.51. The van der Waals surface area contributed by atoms with Gasteiger partial charge in [0.15, 0.2) is 5.65 Å². The van der Waals surface area contributed by atoms with Crippen molar-refractivity contribution < 1.29 is 4.79 Å². The van der Waals surface area contributed by atoms with Gasteiger partial charge in [-0.1, -0.05) is 30.3 Å². The molecule has 0 saturated carbocycles. The van der Waals surface area contributed by atoms with Crippen molar-refractivity contribution in [3.05, 3.63) is 71.2 Å². The van der Waals surface area contributed by atoms with Crippen LogP contribution in [0.15, 0.2) is 48.7 Å². The van der Waals surface area contributed by atoms with Gasteiger partial charge in [0, 0.05) is 43.4 Å². The summed E-state index contributed by atoms with van der Waals surface area (Å²) in [5.74, 6) is 0.0289. The number of aromatic nitrogens is 3. The predicted octanol–water partition coefficient (Wildman–Crippen LogP) is 2.64. The monoisotopic (exact) mass is 318 g/mol. The smallest absolute Gasteiger partial charge is 0.246 e. The Balaban J connectivity index is 1.54. The third kappa shape index (κ3) is 2.69. The third-order valence-electron chi connectivity index (χ3n) is 4.30. The van der Waals surface area contributed by atoms with Crippen LogP contribution in [0.3, 0.4) is 0 Å². The number of amides is 1. The lowest BCUT2D eigenvalue weighted by Gasteiger charge is -2.27. The van der Waals surface area contributed by atoms with Crippen LogP contribution in [0.25, 0.3) is 11.7 Å². The highest BCUT2D eigenvalue weighted by atomic mass is 16.2. The Labute approximate surface area is 140 Å². The second-order valence-corrected chi connectivity index (χ2v) is 6.04. The second kappa shape index (κ2) is 5.92. The number of aryl methyl sites for hydroxylation is 1. The van der Waals surface area contributed by atoms with Gasteiger partial charge in [0.25, 0.3) is 0 Å². The number of hydrogen-bond acceptors (Lipinski definition) is 3. The molecule has 1 amide bonds. The lowest BCUT2D eigenvalue weighted by molar-refractivity contribution is -0.126. The molecule has 0 fully saturated rings. The summed E-state index contributed by atoms with van der Waals surface area (Å²) in [4.78, 5) is 18.7. The van der Waals surface area contributed by atoms with Gasteiger partial charge in [0.1, 0.15) is 0 Å². The van der Waals surface area contributed by atoms with Crippen LogP contribution in [0.1, 0.15) is 22.5 Å². The van der Waals surface area contributed by atoms with E-state index < -0.39 is 0 Å². The zero-order valence-corrected chi connectivity index (χ0v) is 13.5. The van der Waals surface area contributed by atoms with Crippen molar-refractivity contribution in [3.8, 4) is 0 Å². The number of carbonyl (C=O) groups excluding carboxylic acids is 1. The zero-order chi connectivity index (χ0) is 16.5. The van der Waals surface area contributed by atoms with Gasteiger partial charge in [0.2, 0.25) is 5.91 Å². The van der Waals surface area contributed by atoms with Crippen molar-refractivity contribution in [1.82, 2.24) is 19.5 Å². The van der Waals surface area contributed by atoms with Crippen molar-refractivity contribution in [2.75, 3.05) is 6.54 Å². The van der Waals surface area contributed by atoms with Gasteiger partial charge in [-0.25, -0.2) is 9.50 Å². The predicted molar refractivity (Wildman–Crippen MR) is 92.3 cm³/mol. The molecule has 1 aliphatic heterocycles. The van der Waals surface area contributed by atoms with E-state index in [1.54, 1.807) is 6.08 Å². The Kier molecular flexibility index (Phi) is 3.61. The van der Waals surface area contributed by atoms with E-state index in [0.717, 1.165) is 34.6 Å². The molecule has 0 saturated heterocycles. The molecular weight excluding hydrogens is 300 g/mol. The van der Waals surface area contributed by atoms with E-state index in [-0.39, 0.29) is 5.91 Å². The summed E-state index contributed by atoms with van der Waals surface area (Å²) >= 11 is 0. The van der Waals surface area contributed by atoms with Gasteiger partial charge in [-0.05, 0) is 18.6 Å². The highest BCUT2D eigenvalue weighted by Crippen LogP contribution is 2.20. The second-order valence-electron chi connectivity index (χ2n) is 6.04. The molecule has 4 rings (SSSR count). The molecule has 0 atom stereocenters. The van der Waals surface area contributed by atoms with Crippen LogP contribution < -0.4 is 0 Å². The van der Waals surface area contributed by atoms with E-state index in [1.807, 2.05) is 65.0 Å². The van der Waals surface area contributed by atoms with E-state index in [0.29, 0.717) is 13.1 Å². The Morgan fingerprint density at radius 1 is 1.25 bits per heavy atom. The molecule has 5 nitrogen and oxygen atoms in total. The lowest BCUT2D eigenvalue weighted by Crippen LogP contribution is -2.36. The van der Waals surface area contributed by atoms with Crippen molar-refractivity contribution in [2.45, 2.75) is 19.9 Å². The quantitative estimate of drug-likeness (QED) is 0.683. The topological polar surface area (TPSA) is 50.5 Å². The molecule has 0 spiro atoms. The minimum Gasteiger partial charge on any atom is -0.334 e. The number of carbonyl (C=O) groups is 1. The molecule has 3 aromatic rings. The van der Waals surface area contributed by atoms with Crippen molar-refractivity contribution in [3.63, 3.8) is 0 Å². The molecule has 0 radical (unpaired) electrons. The number of rotatable bonds is 2. The first-order valence-corrected chi connectivity index (χ1v) is 8.06. The lowest BCUT2D eigenvalue weighted by atomic mass is 10.1. The molecule has 24 heavy (non-hydrogen) atoms. The van der Waals surface area contributed by atoms with Crippen LogP contribution in [0.4, 0.5) is 0 Å². The fraction of sp³-hybridized carbons (Fsp3) is 0.211. The fourth-order valence-corrected chi connectivity index (χ4v) is 3.08. The number of nitrogens with zero attached hydrogens (tertiary/aromatic N) is 4. The number of hydrogen-bond donors (Lipinski definition) is 0. The maximum atomic E-state index is 12.4. The molecule has 2 aromatic heterocycles. The Hall–Kier alpha value is -2.95. The Bertz CT molecular complexity index is 927. The van der Waals surface area contributed by atoms with E-state index >= 15 is 0 Å². The maximum absolute atomic E-state index is 12.4. The zero-order valence-electron chi connectivity index (χ0n) is 13.5. The Morgan fingerprint density at radius 2 is 2.08 bits per heavy atom. The van der Waals surface area contributed by atoms with Crippen LogP contribution in [0.5, 0.6) is 0 Å². The third-order valence-corrected chi connectivity index (χ3v) is 4.30. The summed E-state index contributed by atoms with van der Waals surface area (Å²) in [5.41, 5.74) is 5.08. The summed E-state index contributed by atoms with van der Waals surface area (Å²) in [7, 11) is 0. The number of benzene rings is 1. The first-order valence-electron chi connectivity index (χ1n) is 8.06. The highest BCUT2D eigenvalue weighted by Gasteiger charge is 2.22. The van der Waals surface area contributed by atoms with Gasteiger partial charge in [-0.15, -0.1) is 0 Å². The van der Waals surface area contributed by atoms with E-state index in [1.165, 1.54) is 0 Å². The summed E-state index contributed by atoms with van der Waals surface area (Å²) in [6.07, 6.45) is 6.16. The molecule has 5 heteroatoms. The molecular formula is C19H18N4O. The van der Waals surface area contributed by atoms with Crippen LogP contribution in [-0.2, 0) is 17.8 Å². The maximum Gasteiger partial charge on any atom is 0.246 e. The van der Waals surface area contributed by atoms with E-state index in [9.17, 15) is 4.79 Å². The molecule has 3 heterocycles. The van der Waals surface area contributed by atoms with Crippen LogP contribution in [0.2, 0.25) is 0 Å². The highest BCUT2D eigenvalue weighted by molar-refractivity contribution is 5.91. The van der Waals surface area contributed by atoms with Crippen molar-refractivity contribution in [1.29, 1.82) is 0 Å². The molecule has 1 aliphatic rings.